The van der Waals surface area contributed by atoms with Crippen LogP contribution in [0.15, 0.2) is 24.3 Å². The number of amides is 1. The Balaban J connectivity index is 1.48. The summed E-state index contributed by atoms with van der Waals surface area (Å²) in [5.74, 6) is 0.911. The van der Waals surface area contributed by atoms with E-state index < -0.39 is 0 Å². The van der Waals surface area contributed by atoms with E-state index in [2.05, 4.69) is 41.3 Å². The standard InChI is InChI=1S/C22H32N4O/c1-16-11-13-26(14-12-16)15-19-5-7-20(8-6-19)23-22(27)10-9-21-17(2)24-25(4)18(21)3/h5-8,16H,9-15H2,1-4H3,(H,23,27). The fourth-order valence-corrected chi connectivity index (χ4v) is 3.81. The lowest BCUT2D eigenvalue weighted by molar-refractivity contribution is -0.116. The largest absolute Gasteiger partial charge is 0.326 e. The van der Waals surface area contributed by atoms with Gasteiger partial charge in [0.1, 0.15) is 0 Å². The second kappa shape index (κ2) is 8.70. The Labute approximate surface area is 162 Å². The Morgan fingerprint density at radius 3 is 2.44 bits per heavy atom. The first kappa shape index (κ1) is 19.6. The van der Waals surface area contributed by atoms with E-state index in [1.165, 1.54) is 37.1 Å². The van der Waals surface area contributed by atoms with Crippen molar-refractivity contribution in [3.8, 4) is 0 Å². The molecule has 1 N–H and O–H groups in total. The van der Waals surface area contributed by atoms with Crippen molar-refractivity contribution < 1.29 is 4.79 Å². The molecule has 0 spiro atoms. The van der Waals surface area contributed by atoms with Gasteiger partial charge in [-0.25, -0.2) is 0 Å². The maximum Gasteiger partial charge on any atom is 0.224 e. The molecular formula is C22H32N4O. The number of carbonyl (C=O) groups is 1. The molecule has 2 heterocycles. The monoisotopic (exact) mass is 368 g/mol. The highest BCUT2D eigenvalue weighted by molar-refractivity contribution is 5.90. The number of carbonyl (C=O) groups excluding carboxylic acids is 1. The molecule has 1 aromatic carbocycles. The third-order valence-corrected chi connectivity index (χ3v) is 5.78. The minimum atomic E-state index is 0.0513. The van der Waals surface area contributed by atoms with Gasteiger partial charge in [-0.2, -0.15) is 5.10 Å². The molecule has 0 radical (unpaired) electrons. The number of benzene rings is 1. The molecule has 1 aliphatic heterocycles. The molecule has 27 heavy (non-hydrogen) atoms. The van der Waals surface area contributed by atoms with Crippen LogP contribution in [-0.2, 0) is 24.8 Å². The zero-order valence-corrected chi connectivity index (χ0v) is 17.1. The molecule has 2 aromatic rings. The molecule has 1 saturated heterocycles. The number of likely N-dealkylation sites (tertiary alicyclic amines) is 1. The van der Waals surface area contributed by atoms with E-state index in [0.29, 0.717) is 6.42 Å². The van der Waals surface area contributed by atoms with E-state index in [9.17, 15) is 4.79 Å². The molecule has 146 valence electrons. The SMILES string of the molecule is Cc1nn(C)c(C)c1CCC(=O)Nc1ccc(CN2CCC(C)CC2)cc1. The van der Waals surface area contributed by atoms with E-state index in [1.807, 2.05) is 30.8 Å². The molecule has 3 rings (SSSR count). The molecule has 0 bridgehead atoms. The zero-order chi connectivity index (χ0) is 19.4. The number of rotatable bonds is 6. The third kappa shape index (κ3) is 5.19. The summed E-state index contributed by atoms with van der Waals surface area (Å²) in [6, 6.07) is 8.28. The number of nitrogens with zero attached hydrogens (tertiary/aromatic N) is 3. The van der Waals surface area contributed by atoms with E-state index >= 15 is 0 Å². The lowest BCUT2D eigenvalue weighted by Crippen LogP contribution is -2.32. The molecular weight excluding hydrogens is 336 g/mol. The lowest BCUT2D eigenvalue weighted by atomic mass is 9.99. The minimum Gasteiger partial charge on any atom is -0.326 e. The molecule has 1 aromatic heterocycles. The van der Waals surface area contributed by atoms with Crippen LogP contribution in [0, 0.1) is 19.8 Å². The predicted octanol–water partition coefficient (Wildman–Crippen LogP) is 3.84. The van der Waals surface area contributed by atoms with Crippen LogP contribution < -0.4 is 5.32 Å². The van der Waals surface area contributed by atoms with Gasteiger partial charge in [-0.1, -0.05) is 19.1 Å². The van der Waals surface area contributed by atoms with Crippen LogP contribution in [0.4, 0.5) is 5.69 Å². The molecule has 5 heteroatoms. The van der Waals surface area contributed by atoms with E-state index in [4.69, 9.17) is 0 Å². The number of aryl methyl sites for hydroxylation is 2. The fraction of sp³-hybridized carbons (Fsp3) is 0.545. The van der Waals surface area contributed by atoms with E-state index in [-0.39, 0.29) is 5.91 Å². The summed E-state index contributed by atoms with van der Waals surface area (Å²) in [7, 11) is 1.94. The summed E-state index contributed by atoms with van der Waals surface area (Å²) < 4.78 is 1.88. The molecule has 1 fully saturated rings. The Morgan fingerprint density at radius 1 is 1.19 bits per heavy atom. The first-order valence-electron chi connectivity index (χ1n) is 10.0. The maximum absolute atomic E-state index is 12.3. The lowest BCUT2D eigenvalue weighted by Gasteiger charge is -2.30. The van der Waals surface area contributed by atoms with Gasteiger partial charge in [0.2, 0.25) is 5.91 Å². The fourth-order valence-electron chi connectivity index (χ4n) is 3.81. The molecule has 5 nitrogen and oxygen atoms in total. The van der Waals surface area contributed by atoms with Gasteiger partial charge in [-0.3, -0.25) is 14.4 Å². The van der Waals surface area contributed by atoms with Crippen molar-refractivity contribution in [3.05, 3.63) is 46.8 Å². The van der Waals surface area contributed by atoms with Crippen LogP contribution >= 0.6 is 0 Å². The summed E-state index contributed by atoms with van der Waals surface area (Å²) in [5, 5.41) is 7.43. The van der Waals surface area contributed by atoms with Gasteiger partial charge < -0.3 is 5.32 Å². The highest BCUT2D eigenvalue weighted by atomic mass is 16.1. The van der Waals surface area contributed by atoms with Gasteiger partial charge in [0.05, 0.1) is 5.69 Å². The van der Waals surface area contributed by atoms with Gasteiger partial charge in [0.25, 0.3) is 0 Å². The van der Waals surface area contributed by atoms with Crippen molar-refractivity contribution in [2.75, 3.05) is 18.4 Å². The van der Waals surface area contributed by atoms with E-state index in [0.717, 1.165) is 36.0 Å². The van der Waals surface area contributed by atoms with Crippen LogP contribution in [0.3, 0.4) is 0 Å². The maximum atomic E-state index is 12.3. The molecule has 0 unspecified atom stereocenters. The number of hydrogen-bond donors (Lipinski definition) is 1. The van der Waals surface area contributed by atoms with Gasteiger partial charge in [-0.05, 0) is 75.4 Å². The number of aromatic nitrogens is 2. The predicted molar refractivity (Wildman–Crippen MR) is 110 cm³/mol. The van der Waals surface area contributed by atoms with Gasteiger partial charge in [-0.15, -0.1) is 0 Å². The second-order valence-corrected chi connectivity index (χ2v) is 7.98. The number of anilines is 1. The normalized spacial score (nSPS) is 15.9. The Morgan fingerprint density at radius 2 is 1.85 bits per heavy atom. The van der Waals surface area contributed by atoms with Crippen LogP contribution in [0.2, 0.25) is 0 Å². The van der Waals surface area contributed by atoms with Crippen molar-refractivity contribution >= 4 is 11.6 Å². The van der Waals surface area contributed by atoms with Crippen LogP contribution in [0.5, 0.6) is 0 Å². The summed E-state index contributed by atoms with van der Waals surface area (Å²) in [5.41, 5.74) is 5.51. The molecule has 0 aliphatic carbocycles. The highest BCUT2D eigenvalue weighted by Crippen LogP contribution is 2.19. The Kier molecular flexibility index (Phi) is 6.32. The van der Waals surface area contributed by atoms with Gasteiger partial charge >= 0.3 is 0 Å². The molecule has 0 saturated carbocycles. The average molecular weight is 369 g/mol. The number of piperidine rings is 1. The van der Waals surface area contributed by atoms with Crippen molar-refractivity contribution in [2.24, 2.45) is 13.0 Å². The Bertz CT molecular complexity index is 770. The topological polar surface area (TPSA) is 50.2 Å². The first-order chi connectivity index (χ1) is 12.9. The van der Waals surface area contributed by atoms with Gasteiger partial charge in [0.15, 0.2) is 0 Å². The highest BCUT2D eigenvalue weighted by Gasteiger charge is 2.16. The average Bonchev–Trinajstić information content (AvgIpc) is 2.89. The summed E-state index contributed by atoms with van der Waals surface area (Å²) in [6.07, 6.45) is 3.79. The van der Waals surface area contributed by atoms with Gasteiger partial charge in [0, 0.05) is 31.4 Å². The van der Waals surface area contributed by atoms with Crippen LogP contribution in [-0.4, -0.2) is 33.7 Å². The smallest absolute Gasteiger partial charge is 0.224 e. The molecule has 0 atom stereocenters. The summed E-state index contributed by atoms with van der Waals surface area (Å²) >= 11 is 0. The number of nitrogens with one attached hydrogen (secondary N) is 1. The molecule has 1 amide bonds. The summed E-state index contributed by atoms with van der Waals surface area (Å²) in [4.78, 5) is 14.8. The van der Waals surface area contributed by atoms with Crippen molar-refractivity contribution in [1.82, 2.24) is 14.7 Å². The quantitative estimate of drug-likeness (QED) is 0.843. The summed E-state index contributed by atoms with van der Waals surface area (Å²) in [6.45, 7) is 9.77. The zero-order valence-electron chi connectivity index (χ0n) is 17.1. The minimum absolute atomic E-state index is 0.0513. The third-order valence-electron chi connectivity index (χ3n) is 5.78. The van der Waals surface area contributed by atoms with Crippen molar-refractivity contribution in [2.45, 2.75) is 53.0 Å². The molecule has 1 aliphatic rings. The Hall–Kier alpha value is -2.14. The van der Waals surface area contributed by atoms with Crippen molar-refractivity contribution in [1.29, 1.82) is 0 Å². The van der Waals surface area contributed by atoms with Crippen LogP contribution in [0.25, 0.3) is 0 Å². The second-order valence-electron chi connectivity index (χ2n) is 7.98. The number of hydrogen-bond acceptors (Lipinski definition) is 3. The van der Waals surface area contributed by atoms with Crippen molar-refractivity contribution in [3.63, 3.8) is 0 Å². The van der Waals surface area contributed by atoms with E-state index in [1.54, 1.807) is 0 Å². The first-order valence-corrected chi connectivity index (χ1v) is 10.0. The van der Waals surface area contributed by atoms with Crippen LogP contribution in [0.1, 0.15) is 48.7 Å².